The summed E-state index contributed by atoms with van der Waals surface area (Å²) in [6.45, 7) is 4.20. The number of benzene rings is 1. The van der Waals surface area contributed by atoms with Crippen LogP contribution in [0.3, 0.4) is 0 Å². The SMILES string of the molecule is Cc1ccc(-c2cnc[nH]2)c(C)c1Br. The minimum Gasteiger partial charge on any atom is -0.345 e. The molecule has 0 bridgehead atoms. The Bertz CT molecular complexity index is 447. The van der Waals surface area contributed by atoms with E-state index in [0.717, 1.165) is 5.69 Å². The zero-order chi connectivity index (χ0) is 10.1. The molecular formula is C11H11BrN2. The largest absolute Gasteiger partial charge is 0.345 e. The van der Waals surface area contributed by atoms with Gasteiger partial charge in [0.25, 0.3) is 0 Å². The molecule has 1 N–H and O–H groups in total. The summed E-state index contributed by atoms with van der Waals surface area (Å²) >= 11 is 3.58. The van der Waals surface area contributed by atoms with E-state index in [1.165, 1.54) is 21.2 Å². The van der Waals surface area contributed by atoms with E-state index in [1.54, 1.807) is 6.33 Å². The molecule has 0 fully saturated rings. The molecule has 3 heteroatoms. The van der Waals surface area contributed by atoms with Gasteiger partial charge in [-0.2, -0.15) is 0 Å². The van der Waals surface area contributed by atoms with Crippen LogP contribution in [0, 0.1) is 13.8 Å². The number of nitrogens with one attached hydrogen (secondary N) is 1. The molecule has 2 nitrogen and oxygen atoms in total. The van der Waals surface area contributed by atoms with Crippen LogP contribution in [0.5, 0.6) is 0 Å². The van der Waals surface area contributed by atoms with E-state index in [0.29, 0.717) is 0 Å². The highest BCUT2D eigenvalue weighted by molar-refractivity contribution is 9.10. The molecule has 0 aliphatic carbocycles. The van der Waals surface area contributed by atoms with Crippen molar-refractivity contribution in [2.75, 3.05) is 0 Å². The van der Waals surface area contributed by atoms with E-state index in [-0.39, 0.29) is 0 Å². The number of imidazole rings is 1. The van der Waals surface area contributed by atoms with E-state index in [1.807, 2.05) is 6.20 Å². The van der Waals surface area contributed by atoms with Gasteiger partial charge in [-0.25, -0.2) is 4.98 Å². The van der Waals surface area contributed by atoms with E-state index in [4.69, 9.17) is 0 Å². The van der Waals surface area contributed by atoms with Crippen LogP contribution < -0.4 is 0 Å². The van der Waals surface area contributed by atoms with Crippen molar-refractivity contribution in [3.8, 4) is 11.3 Å². The number of nitrogens with zero attached hydrogens (tertiary/aromatic N) is 1. The van der Waals surface area contributed by atoms with E-state index in [2.05, 4.69) is 51.9 Å². The standard InChI is InChI=1S/C11H11BrN2/c1-7-3-4-9(8(2)11(7)12)10-5-13-6-14-10/h3-6H,1-2H3,(H,13,14). The van der Waals surface area contributed by atoms with Crippen LogP contribution in [-0.4, -0.2) is 9.97 Å². The predicted octanol–water partition coefficient (Wildman–Crippen LogP) is 3.46. The molecule has 0 radical (unpaired) electrons. The monoisotopic (exact) mass is 250 g/mol. The first-order valence-corrected chi connectivity index (χ1v) is 5.24. The number of aromatic nitrogens is 2. The fraction of sp³-hybridized carbons (Fsp3) is 0.182. The topological polar surface area (TPSA) is 28.7 Å². The second-order valence-corrected chi connectivity index (χ2v) is 4.13. The molecule has 0 amide bonds. The average molecular weight is 251 g/mol. The van der Waals surface area contributed by atoms with Crippen LogP contribution in [-0.2, 0) is 0 Å². The van der Waals surface area contributed by atoms with E-state index in [9.17, 15) is 0 Å². The first-order chi connectivity index (χ1) is 6.70. The van der Waals surface area contributed by atoms with Gasteiger partial charge in [-0.3, -0.25) is 0 Å². The Morgan fingerprint density at radius 3 is 2.71 bits per heavy atom. The van der Waals surface area contributed by atoms with Crippen LogP contribution >= 0.6 is 15.9 Å². The lowest BCUT2D eigenvalue weighted by Crippen LogP contribution is -1.87. The zero-order valence-electron chi connectivity index (χ0n) is 8.13. The molecule has 1 aromatic carbocycles. The molecule has 0 spiro atoms. The number of H-pyrrole nitrogens is 1. The lowest BCUT2D eigenvalue weighted by molar-refractivity contribution is 1.29. The summed E-state index contributed by atoms with van der Waals surface area (Å²) in [4.78, 5) is 7.13. The minimum absolute atomic E-state index is 1.06. The van der Waals surface area contributed by atoms with Gasteiger partial charge in [0.1, 0.15) is 0 Å². The van der Waals surface area contributed by atoms with Crippen molar-refractivity contribution in [2.45, 2.75) is 13.8 Å². The van der Waals surface area contributed by atoms with Crippen molar-refractivity contribution in [2.24, 2.45) is 0 Å². The second-order valence-electron chi connectivity index (χ2n) is 3.33. The molecule has 0 saturated carbocycles. The van der Waals surface area contributed by atoms with Crippen molar-refractivity contribution in [1.29, 1.82) is 0 Å². The normalized spacial score (nSPS) is 10.5. The van der Waals surface area contributed by atoms with Crippen LogP contribution in [0.1, 0.15) is 11.1 Å². The fourth-order valence-electron chi connectivity index (χ4n) is 1.52. The number of aromatic amines is 1. The van der Waals surface area contributed by atoms with Crippen molar-refractivity contribution in [3.05, 3.63) is 40.3 Å². The molecule has 14 heavy (non-hydrogen) atoms. The summed E-state index contributed by atoms with van der Waals surface area (Å²) < 4.78 is 1.17. The quantitative estimate of drug-likeness (QED) is 0.826. The summed E-state index contributed by atoms with van der Waals surface area (Å²) in [6.07, 6.45) is 3.53. The van der Waals surface area contributed by atoms with Gasteiger partial charge in [0.15, 0.2) is 0 Å². The molecule has 0 aliphatic heterocycles. The summed E-state index contributed by atoms with van der Waals surface area (Å²) in [7, 11) is 0. The number of hydrogen-bond acceptors (Lipinski definition) is 1. The van der Waals surface area contributed by atoms with Gasteiger partial charge in [-0.05, 0) is 25.0 Å². The first-order valence-electron chi connectivity index (χ1n) is 4.44. The third kappa shape index (κ3) is 1.48. The zero-order valence-corrected chi connectivity index (χ0v) is 9.72. The van der Waals surface area contributed by atoms with Crippen LogP contribution in [0.4, 0.5) is 0 Å². The number of hydrogen-bond donors (Lipinski definition) is 1. The van der Waals surface area contributed by atoms with Crippen LogP contribution in [0.15, 0.2) is 29.1 Å². The molecule has 1 aromatic heterocycles. The van der Waals surface area contributed by atoms with Crippen LogP contribution in [0.2, 0.25) is 0 Å². The molecular weight excluding hydrogens is 240 g/mol. The maximum atomic E-state index is 4.02. The Morgan fingerprint density at radius 2 is 2.07 bits per heavy atom. The molecule has 72 valence electrons. The highest BCUT2D eigenvalue weighted by Gasteiger charge is 2.07. The minimum atomic E-state index is 1.06. The molecule has 0 saturated heterocycles. The smallest absolute Gasteiger partial charge is 0.0924 e. The maximum Gasteiger partial charge on any atom is 0.0924 e. The molecule has 0 unspecified atom stereocenters. The van der Waals surface area contributed by atoms with Gasteiger partial charge >= 0.3 is 0 Å². The van der Waals surface area contributed by atoms with Gasteiger partial charge in [0.2, 0.25) is 0 Å². The lowest BCUT2D eigenvalue weighted by Gasteiger charge is -2.07. The van der Waals surface area contributed by atoms with Gasteiger partial charge < -0.3 is 4.98 Å². The highest BCUT2D eigenvalue weighted by atomic mass is 79.9. The molecule has 0 aliphatic rings. The Labute approximate surface area is 91.5 Å². The first kappa shape index (κ1) is 9.46. The van der Waals surface area contributed by atoms with Gasteiger partial charge in [-0.1, -0.05) is 28.1 Å². The number of aryl methyl sites for hydroxylation is 1. The average Bonchev–Trinajstić information content (AvgIpc) is 2.67. The third-order valence-corrected chi connectivity index (χ3v) is 3.59. The Balaban J connectivity index is 2.61. The summed E-state index contributed by atoms with van der Waals surface area (Å²) in [5.74, 6) is 0. The second kappa shape index (κ2) is 3.58. The molecule has 0 atom stereocenters. The van der Waals surface area contributed by atoms with E-state index < -0.39 is 0 Å². The third-order valence-electron chi connectivity index (χ3n) is 2.37. The van der Waals surface area contributed by atoms with Crippen molar-refractivity contribution in [3.63, 3.8) is 0 Å². The van der Waals surface area contributed by atoms with Gasteiger partial charge in [0.05, 0.1) is 18.2 Å². The molecule has 2 aromatic rings. The Morgan fingerprint density at radius 1 is 1.29 bits per heavy atom. The summed E-state index contributed by atoms with van der Waals surface area (Å²) in [5.41, 5.74) is 4.75. The fourth-order valence-corrected chi connectivity index (χ4v) is 1.86. The van der Waals surface area contributed by atoms with Crippen LogP contribution in [0.25, 0.3) is 11.3 Å². The molecule has 1 heterocycles. The number of rotatable bonds is 1. The van der Waals surface area contributed by atoms with Gasteiger partial charge in [0, 0.05) is 10.0 Å². The van der Waals surface area contributed by atoms with Crippen molar-refractivity contribution < 1.29 is 0 Å². The van der Waals surface area contributed by atoms with Gasteiger partial charge in [-0.15, -0.1) is 0 Å². The Kier molecular flexibility index (Phi) is 2.42. The summed E-state index contributed by atoms with van der Waals surface area (Å²) in [5, 5.41) is 0. The lowest BCUT2D eigenvalue weighted by atomic mass is 10.0. The predicted molar refractivity (Wildman–Crippen MR) is 61.2 cm³/mol. The highest BCUT2D eigenvalue weighted by Crippen LogP contribution is 2.29. The van der Waals surface area contributed by atoms with Crippen molar-refractivity contribution >= 4 is 15.9 Å². The maximum absolute atomic E-state index is 4.02. The van der Waals surface area contributed by atoms with E-state index >= 15 is 0 Å². The summed E-state index contributed by atoms with van der Waals surface area (Å²) in [6, 6.07) is 4.22. The molecule has 2 rings (SSSR count). The van der Waals surface area contributed by atoms with Crippen molar-refractivity contribution in [1.82, 2.24) is 9.97 Å². The Hall–Kier alpha value is -1.09. The number of halogens is 1.